The fraction of sp³-hybridized carbons (Fsp3) is 0.400. The van der Waals surface area contributed by atoms with Crippen LogP contribution in [0.2, 0.25) is 0 Å². The van der Waals surface area contributed by atoms with Gasteiger partial charge >= 0.3 is 129 Å². The molecule has 1 aliphatic rings. The molecule has 0 N–H and O–H groups in total. The Labute approximate surface area is 129 Å². The van der Waals surface area contributed by atoms with E-state index in [2.05, 4.69) is 67.6 Å². The molecule has 3 rings (SSSR count). The Morgan fingerprint density at radius 1 is 0.762 bits per heavy atom. The van der Waals surface area contributed by atoms with Crippen LogP contribution in [0.1, 0.15) is 39.0 Å². The van der Waals surface area contributed by atoms with Crippen LogP contribution in [0.25, 0.3) is 0 Å². The van der Waals surface area contributed by atoms with Crippen molar-refractivity contribution in [2.75, 3.05) is 6.16 Å². The molecule has 1 fully saturated rings. The first-order chi connectivity index (χ1) is 10.4. The number of hydrogen-bond acceptors (Lipinski definition) is 0. The summed E-state index contributed by atoms with van der Waals surface area (Å²) in [7, 11) is -1.62. The SMILES string of the molecule is CC[PH](c1ccccc1)(c1ccccc1)C1CCCCC1. The predicted molar refractivity (Wildman–Crippen MR) is 97.9 cm³/mol. The van der Waals surface area contributed by atoms with Crippen LogP contribution in [-0.2, 0) is 0 Å². The summed E-state index contributed by atoms with van der Waals surface area (Å²) in [6.45, 7) is 2.43. The molecule has 1 saturated carbocycles. The van der Waals surface area contributed by atoms with Crippen LogP contribution in [0.3, 0.4) is 0 Å². The first-order valence-electron chi connectivity index (χ1n) is 8.49. The quantitative estimate of drug-likeness (QED) is 0.715. The van der Waals surface area contributed by atoms with Crippen LogP contribution < -0.4 is 10.6 Å². The topological polar surface area (TPSA) is 0 Å². The molecule has 0 aliphatic heterocycles. The summed E-state index contributed by atoms with van der Waals surface area (Å²) in [4.78, 5) is 0. The van der Waals surface area contributed by atoms with Gasteiger partial charge < -0.3 is 0 Å². The van der Waals surface area contributed by atoms with E-state index in [4.69, 9.17) is 0 Å². The third kappa shape index (κ3) is 2.79. The van der Waals surface area contributed by atoms with Crippen LogP contribution in [0.4, 0.5) is 0 Å². The van der Waals surface area contributed by atoms with Crippen molar-refractivity contribution in [3.63, 3.8) is 0 Å². The molecule has 0 bridgehead atoms. The van der Waals surface area contributed by atoms with E-state index in [0.717, 1.165) is 5.66 Å². The van der Waals surface area contributed by atoms with Gasteiger partial charge in [-0.1, -0.05) is 0 Å². The molecule has 0 radical (unpaired) electrons. The summed E-state index contributed by atoms with van der Waals surface area (Å²) >= 11 is 0. The van der Waals surface area contributed by atoms with E-state index in [9.17, 15) is 0 Å². The zero-order chi connectivity index (χ0) is 14.5. The molecule has 0 saturated heterocycles. The monoisotopic (exact) mass is 298 g/mol. The zero-order valence-corrected chi connectivity index (χ0v) is 14.1. The van der Waals surface area contributed by atoms with Gasteiger partial charge in [-0.25, -0.2) is 0 Å². The van der Waals surface area contributed by atoms with Crippen molar-refractivity contribution in [3.8, 4) is 0 Å². The van der Waals surface area contributed by atoms with Gasteiger partial charge in [0.05, 0.1) is 0 Å². The number of hydrogen-bond donors (Lipinski definition) is 0. The van der Waals surface area contributed by atoms with Gasteiger partial charge in [-0.3, -0.25) is 0 Å². The van der Waals surface area contributed by atoms with Crippen molar-refractivity contribution in [3.05, 3.63) is 60.7 Å². The normalized spacial score (nSPS) is 17.6. The van der Waals surface area contributed by atoms with Crippen LogP contribution in [0.15, 0.2) is 60.7 Å². The van der Waals surface area contributed by atoms with E-state index in [1.807, 2.05) is 0 Å². The molecule has 0 heterocycles. The standard InChI is InChI=1S/C20H27P/c1-2-21(18-12-6-3-7-13-18,19-14-8-4-9-15-19)20-16-10-5-11-17-20/h3-4,6-9,12-15,20-21H,2,5,10-11,16-17H2,1H3. The summed E-state index contributed by atoms with van der Waals surface area (Å²) in [6, 6.07) is 22.9. The van der Waals surface area contributed by atoms with E-state index in [0.29, 0.717) is 0 Å². The van der Waals surface area contributed by atoms with Gasteiger partial charge in [-0.2, -0.15) is 0 Å². The Morgan fingerprint density at radius 2 is 1.24 bits per heavy atom. The molecule has 0 nitrogen and oxygen atoms in total. The molecule has 1 heteroatoms. The Morgan fingerprint density at radius 3 is 1.67 bits per heavy atom. The van der Waals surface area contributed by atoms with E-state index >= 15 is 0 Å². The molecule has 0 unspecified atom stereocenters. The van der Waals surface area contributed by atoms with Crippen LogP contribution >= 0.6 is 7.26 Å². The Bertz CT molecular complexity index is 501. The van der Waals surface area contributed by atoms with Crippen molar-refractivity contribution in [1.29, 1.82) is 0 Å². The summed E-state index contributed by atoms with van der Waals surface area (Å²) in [5.41, 5.74) is 0.918. The Kier molecular flexibility index (Phi) is 4.76. The molecule has 0 spiro atoms. The van der Waals surface area contributed by atoms with Gasteiger partial charge in [0.25, 0.3) is 0 Å². The zero-order valence-electron chi connectivity index (χ0n) is 13.1. The molecular formula is C20H27P. The maximum atomic E-state index is 2.43. The summed E-state index contributed by atoms with van der Waals surface area (Å²) in [6.07, 6.45) is 8.49. The minimum absolute atomic E-state index is 0.918. The van der Waals surface area contributed by atoms with Gasteiger partial charge in [-0.15, -0.1) is 0 Å². The fourth-order valence-electron chi connectivity index (χ4n) is 4.40. The van der Waals surface area contributed by atoms with Gasteiger partial charge in [0.15, 0.2) is 0 Å². The van der Waals surface area contributed by atoms with E-state index < -0.39 is 7.26 Å². The van der Waals surface area contributed by atoms with Crippen molar-refractivity contribution in [2.45, 2.75) is 44.7 Å². The van der Waals surface area contributed by atoms with Crippen LogP contribution in [0.5, 0.6) is 0 Å². The summed E-state index contributed by atoms with van der Waals surface area (Å²) in [5, 5.41) is 3.29. The summed E-state index contributed by atoms with van der Waals surface area (Å²) in [5.74, 6) is 0. The molecular weight excluding hydrogens is 271 g/mol. The fourth-order valence-corrected chi connectivity index (χ4v) is 10.0. The Balaban J connectivity index is 2.12. The van der Waals surface area contributed by atoms with Crippen molar-refractivity contribution in [1.82, 2.24) is 0 Å². The van der Waals surface area contributed by atoms with Gasteiger partial charge in [0.2, 0.25) is 0 Å². The average molecular weight is 298 g/mol. The second-order valence-corrected chi connectivity index (χ2v) is 11.0. The molecule has 0 amide bonds. The Hall–Kier alpha value is -1.13. The van der Waals surface area contributed by atoms with Crippen LogP contribution in [-0.4, -0.2) is 11.8 Å². The van der Waals surface area contributed by atoms with Gasteiger partial charge in [0, 0.05) is 0 Å². The molecule has 2 aromatic carbocycles. The predicted octanol–water partition coefficient (Wildman–Crippen LogP) is 4.74. The molecule has 21 heavy (non-hydrogen) atoms. The first kappa shape index (κ1) is 14.8. The second kappa shape index (κ2) is 6.75. The van der Waals surface area contributed by atoms with Crippen molar-refractivity contribution in [2.24, 2.45) is 0 Å². The molecule has 0 aromatic heterocycles. The molecule has 0 atom stereocenters. The van der Waals surface area contributed by atoms with E-state index in [1.54, 1.807) is 10.6 Å². The van der Waals surface area contributed by atoms with Crippen molar-refractivity contribution >= 4 is 17.9 Å². The van der Waals surface area contributed by atoms with E-state index in [1.165, 1.54) is 38.3 Å². The number of rotatable bonds is 4. The average Bonchev–Trinajstić information content (AvgIpc) is 2.59. The van der Waals surface area contributed by atoms with Gasteiger partial charge in [-0.05, 0) is 0 Å². The minimum atomic E-state index is -1.62. The molecule has 1 aliphatic carbocycles. The molecule has 2 aromatic rings. The first-order valence-corrected chi connectivity index (χ1v) is 10.8. The maximum absolute atomic E-state index is 2.43. The van der Waals surface area contributed by atoms with Crippen LogP contribution in [0, 0.1) is 0 Å². The van der Waals surface area contributed by atoms with Crippen molar-refractivity contribution < 1.29 is 0 Å². The third-order valence-corrected chi connectivity index (χ3v) is 11.3. The third-order valence-electron chi connectivity index (χ3n) is 5.44. The summed E-state index contributed by atoms with van der Waals surface area (Å²) < 4.78 is 0. The van der Waals surface area contributed by atoms with E-state index in [-0.39, 0.29) is 0 Å². The second-order valence-electron chi connectivity index (χ2n) is 6.39. The molecule has 112 valence electrons. The van der Waals surface area contributed by atoms with Gasteiger partial charge in [0.1, 0.15) is 0 Å². The number of benzene rings is 2.